The number of nitrogens with zero attached hydrogens (tertiary/aromatic N) is 1. The van der Waals surface area contributed by atoms with Gasteiger partial charge in [0.25, 0.3) is 0 Å². The van der Waals surface area contributed by atoms with Crippen LogP contribution in [0.3, 0.4) is 0 Å². The van der Waals surface area contributed by atoms with Gasteiger partial charge in [0.1, 0.15) is 0 Å². The van der Waals surface area contributed by atoms with Crippen LogP contribution in [0.2, 0.25) is 0 Å². The molecule has 0 radical (unpaired) electrons. The molecule has 1 aliphatic heterocycles. The molecular weight excluding hydrogens is 385 g/mol. The van der Waals surface area contributed by atoms with Gasteiger partial charge in [0, 0.05) is 11.4 Å². The lowest BCUT2D eigenvalue weighted by molar-refractivity contribution is 0.0780. The standard InChI is InChI=1S/C14H21N3OS.HI/c1-10-5-11(2)7-12(6-10)17-13(15)16-8-14(18)3-4-19-9-14;/h5-7,18H,3-4,8-9H2,1-2H3,(H3,15,16,17);1H. The van der Waals surface area contributed by atoms with E-state index in [4.69, 9.17) is 5.73 Å². The summed E-state index contributed by atoms with van der Waals surface area (Å²) in [6.07, 6.45) is 0.790. The maximum absolute atomic E-state index is 10.2. The number of anilines is 1. The fraction of sp³-hybridized carbons (Fsp3) is 0.500. The second-order valence-electron chi connectivity index (χ2n) is 5.23. The Morgan fingerprint density at radius 1 is 1.40 bits per heavy atom. The molecule has 4 nitrogen and oxygen atoms in total. The fourth-order valence-electron chi connectivity index (χ4n) is 2.19. The Kier molecular flexibility index (Phi) is 6.60. The molecule has 1 fully saturated rings. The molecule has 2 rings (SSSR count). The molecule has 1 atom stereocenters. The number of aryl methyl sites for hydroxylation is 2. The Morgan fingerprint density at radius 2 is 2.05 bits per heavy atom. The molecule has 0 aromatic heterocycles. The maximum atomic E-state index is 10.2. The number of aliphatic hydroxyl groups is 1. The van der Waals surface area contributed by atoms with Gasteiger partial charge in [-0.2, -0.15) is 11.8 Å². The molecule has 1 heterocycles. The molecule has 0 aliphatic carbocycles. The van der Waals surface area contributed by atoms with Gasteiger partial charge in [0.05, 0.1) is 12.1 Å². The van der Waals surface area contributed by atoms with E-state index in [-0.39, 0.29) is 24.0 Å². The van der Waals surface area contributed by atoms with Gasteiger partial charge >= 0.3 is 0 Å². The van der Waals surface area contributed by atoms with E-state index in [2.05, 4.69) is 16.4 Å². The number of guanidine groups is 1. The molecule has 1 aromatic rings. The molecule has 0 bridgehead atoms. The van der Waals surface area contributed by atoms with Crippen molar-refractivity contribution in [1.82, 2.24) is 0 Å². The summed E-state index contributed by atoms with van der Waals surface area (Å²) in [4.78, 5) is 4.25. The van der Waals surface area contributed by atoms with E-state index in [0.29, 0.717) is 12.5 Å². The summed E-state index contributed by atoms with van der Waals surface area (Å²) < 4.78 is 0. The van der Waals surface area contributed by atoms with Crippen LogP contribution in [0, 0.1) is 13.8 Å². The van der Waals surface area contributed by atoms with Crippen LogP contribution in [0.1, 0.15) is 17.5 Å². The first-order valence-electron chi connectivity index (χ1n) is 6.42. The third-order valence-electron chi connectivity index (χ3n) is 3.12. The average molecular weight is 407 g/mol. The third kappa shape index (κ3) is 5.14. The van der Waals surface area contributed by atoms with Crippen molar-refractivity contribution in [2.45, 2.75) is 25.9 Å². The first kappa shape index (κ1) is 17.6. The van der Waals surface area contributed by atoms with Gasteiger partial charge in [0.15, 0.2) is 5.96 Å². The molecule has 0 amide bonds. The maximum Gasteiger partial charge on any atom is 0.193 e. The quantitative estimate of drug-likeness (QED) is 0.409. The third-order valence-corrected chi connectivity index (χ3v) is 4.35. The number of nitrogens with two attached hydrogens (primary N) is 1. The number of rotatable bonds is 3. The van der Waals surface area contributed by atoms with Gasteiger partial charge in [-0.25, -0.2) is 0 Å². The smallest absolute Gasteiger partial charge is 0.193 e. The number of nitrogens with one attached hydrogen (secondary N) is 1. The highest BCUT2D eigenvalue weighted by Crippen LogP contribution is 2.27. The van der Waals surface area contributed by atoms with Crippen LogP contribution >= 0.6 is 35.7 Å². The van der Waals surface area contributed by atoms with Gasteiger partial charge in [0.2, 0.25) is 0 Å². The zero-order valence-electron chi connectivity index (χ0n) is 11.8. The number of thioether (sulfide) groups is 1. The van der Waals surface area contributed by atoms with Crippen LogP contribution in [0.5, 0.6) is 0 Å². The molecule has 112 valence electrons. The second kappa shape index (κ2) is 7.51. The highest BCUT2D eigenvalue weighted by molar-refractivity contribution is 14.0. The molecular formula is C14H22IN3OS. The van der Waals surface area contributed by atoms with Gasteiger partial charge in [-0.1, -0.05) is 6.07 Å². The minimum atomic E-state index is -0.681. The molecule has 1 aliphatic rings. The first-order chi connectivity index (χ1) is 8.97. The highest BCUT2D eigenvalue weighted by atomic mass is 127. The first-order valence-corrected chi connectivity index (χ1v) is 7.58. The van der Waals surface area contributed by atoms with Crippen LogP contribution in [0.4, 0.5) is 5.69 Å². The summed E-state index contributed by atoms with van der Waals surface area (Å²) >= 11 is 1.76. The van der Waals surface area contributed by atoms with Crippen LogP contribution in [-0.4, -0.2) is 34.7 Å². The van der Waals surface area contributed by atoms with Crippen molar-refractivity contribution in [2.24, 2.45) is 10.7 Å². The van der Waals surface area contributed by atoms with Crippen molar-refractivity contribution in [3.63, 3.8) is 0 Å². The Bertz CT molecular complexity index is 467. The molecule has 6 heteroatoms. The van der Waals surface area contributed by atoms with Crippen molar-refractivity contribution in [3.8, 4) is 0 Å². The topological polar surface area (TPSA) is 70.6 Å². The highest BCUT2D eigenvalue weighted by Gasteiger charge is 2.31. The molecule has 0 saturated carbocycles. The van der Waals surface area contributed by atoms with Crippen LogP contribution in [0.25, 0.3) is 0 Å². The Hall–Kier alpha value is -0.470. The summed E-state index contributed by atoms with van der Waals surface area (Å²) in [6.45, 7) is 4.46. The van der Waals surface area contributed by atoms with E-state index in [1.54, 1.807) is 11.8 Å². The van der Waals surface area contributed by atoms with Gasteiger partial charge < -0.3 is 16.2 Å². The monoisotopic (exact) mass is 407 g/mol. The van der Waals surface area contributed by atoms with Crippen LogP contribution < -0.4 is 11.1 Å². The van der Waals surface area contributed by atoms with Crippen molar-refractivity contribution in [2.75, 3.05) is 23.4 Å². The van der Waals surface area contributed by atoms with Crippen LogP contribution in [0.15, 0.2) is 23.2 Å². The summed E-state index contributed by atoms with van der Waals surface area (Å²) in [5.41, 5.74) is 8.48. The predicted molar refractivity (Wildman–Crippen MR) is 98.3 cm³/mol. The van der Waals surface area contributed by atoms with E-state index in [1.807, 2.05) is 26.0 Å². The number of halogens is 1. The molecule has 1 unspecified atom stereocenters. The van der Waals surface area contributed by atoms with E-state index in [9.17, 15) is 5.11 Å². The minimum absolute atomic E-state index is 0. The Labute approximate surface area is 141 Å². The Morgan fingerprint density at radius 3 is 2.60 bits per heavy atom. The average Bonchev–Trinajstić information content (AvgIpc) is 2.73. The van der Waals surface area contributed by atoms with Crippen molar-refractivity contribution >= 4 is 47.4 Å². The van der Waals surface area contributed by atoms with Crippen LogP contribution in [-0.2, 0) is 0 Å². The van der Waals surface area contributed by atoms with Crippen molar-refractivity contribution in [1.29, 1.82) is 0 Å². The van der Waals surface area contributed by atoms with Crippen molar-refractivity contribution in [3.05, 3.63) is 29.3 Å². The SMILES string of the molecule is Cc1cc(C)cc(NC(N)=NCC2(O)CCSC2)c1.I. The summed E-state index contributed by atoms with van der Waals surface area (Å²) in [7, 11) is 0. The summed E-state index contributed by atoms with van der Waals surface area (Å²) in [5.74, 6) is 2.10. The van der Waals surface area contributed by atoms with E-state index in [0.717, 1.165) is 23.6 Å². The molecule has 4 N–H and O–H groups in total. The van der Waals surface area contributed by atoms with Gasteiger partial charge in [-0.15, -0.1) is 24.0 Å². The lowest BCUT2D eigenvalue weighted by atomic mass is 10.1. The largest absolute Gasteiger partial charge is 0.387 e. The zero-order chi connectivity index (χ0) is 13.9. The lowest BCUT2D eigenvalue weighted by Crippen LogP contribution is -2.34. The molecule has 20 heavy (non-hydrogen) atoms. The van der Waals surface area contributed by atoms with E-state index < -0.39 is 5.60 Å². The normalized spacial score (nSPS) is 22.4. The van der Waals surface area contributed by atoms with E-state index >= 15 is 0 Å². The molecule has 1 aromatic carbocycles. The Balaban J connectivity index is 0.00000200. The zero-order valence-corrected chi connectivity index (χ0v) is 15.0. The number of benzene rings is 1. The van der Waals surface area contributed by atoms with E-state index in [1.165, 1.54) is 11.1 Å². The van der Waals surface area contributed by atoms with Gasteiger partial charge in [-0.05, 0) is 49.3 Å². The molecule has 0 spiro atoms. The second-order valence-corrected chi connectivity index (χ2v) is 6.33. The molecule has 1 saturated heterocycles. The summed E-state index contributed by atoms with van der Waals surface area (Å²) in [5, 5.41) is 13.3. The lowest BCUT2D eigenvalue weighted by Gasteiger charge is -2.18. The number of aliphatic imine (C=N–C) groups is 1. The van der Waals surface area contributed by atoms with Gasteiger partial charge in [-0.3, -0.25) is 4.99 Å². The van der Waals surface area contributed by atoms with Crippen molar-refractivity contribution < 1.29 is 5.11 Å². The summed E-state index contributed by atoms with van der Waals surface area (Å²) in [6, 6.07) is 6.15. The number of hydrogen-bond acceptors (Lipinski definition) is 3. The fourth-order valence-corrected chi connectivity index (χ4v) is 3.47. The predicted octanol–water partition coefficient (Wildman–Crippen LogP) is 2.52. The number of hydrogen-bond donors (Lipinski definition) is 3. The minimum Gasteiger partial charge on any atom is -0.387 e.